The van der Waals surface area contributed by atoms with Crippen LogP contribution in [0.2, 0.25) is 0 Å². The molecule has 1 rings (SSSR count). The summed E-state index contributed by atoms with van der Waals surface area (Å²) in [7, 11) is 1.97. The Labute approximate surface area is 73.6 Å². The lowest BCUT2D eigenvalue weighted by molar-refractivity contribution is 0.493. The van der Waals surface area contributed by atoms with E-state index in [0.717, 1.165) is 12.1 Å². The predicted octanol–water partition coefficient (Wildman–Crippen LogP) is 1.47. The molecule has 0 radical (unpaired) electrons. The molecule has 0 bridgehead atoms. The molecule has 1 unspecified atom stereocenters. The number of nitrogens with two attached hydrogens (primary N) is 1. The van der Waals surface area contributed by atoms with Crippen molar-refractivity contribution in [3.05, 3.63) is 18.2 Å². The largest absolute Gasteiger partial charge is 0.336 e. The van der Waals surface area contributed by atoms with E-state index >= 15 is 0 Å². The first-order valence-corrected chi connectivity index (χ1v) is 4.33. The summed E-state index contributed by atoms with van der Waals surface area (Å²) in [6, 6.07) is 0.123. The molecule has 1 aromatic rings. The molecular weight excluding hydrogens is 150 g/mol. The Bertz CT molecular complexity index is 240. The third-order valence-corrected chi connectivity index (χ3v) is 1.96. The average molecular weight is 167 g/mol. The number of aryl methyl sites for hydroxylation is 1. The Morgan fingerprint density at radius 1 is 1.58 bits per heavy atom. The van der Waals surface area contributed by atoms with Crippen LogP contribution in [0.15, 0.2) is 12.5 Å². The van der Waals surface area contributed by atoms with Crippen molar-refractivity contribution in [2.75, 3.05) is 0 Å². The molecule has 0 saturated heterocycles. The van der Waals surface area contributed by atoms with Crippen LogP contribution in [-0.2, 0) is 7.05 Å². The van der Waals surface area contributed by atoms with Gasteiger partial charge in [0.05, 0.1) is 12.0 Å². The van der Waals surface area contributed by atoms with Crippen LogP contribution in [0.4, 0.5) is 0 Å². The second kappa shape index (κ2) is 3.72. The van der Waals surface area contributed by atoms with E-state index in [-0.39, 0.29) is 6.04 Å². The first kappa shape index (κ1) is 9.26. The fourth-order valence-corrected chi connectivity index (χ4v) is 1.35. The van der Waals surface area contributed by atoms with E-state index < -0.39 is 0 Å². The van der Waals surface area contributed by atoms with Gasteiger partial charge in [0.2, 0.25) is 0 Å². The SMILES string of the molecule is CC(C)CC(N)c1cncn1C. The molecule has 0 aliphatic heterocycles. The molecule has 2 N–H and O–H groups in total. The summed E-state index contributed by atoms with van der Waals surface area (Å²) in [5.41, 5.74) is 7.09. The molecular formula is C9H17N3. The summed E-state index contributed by atoms with van der Waals surface area (Å²) >= 11 is 0. The molecule has 0 spiro atoms. The van der Waals surface area contributed by atoms with Gasteiger partial charge in [0.25, 0.3) is 0 Å². The smallest absolute Gasteiger partial charge is 0.0946 e. The maximum Gasteiger partial charge on any atom is 0.0946 e. The minimum Gasteiger partial charge on any atom is -0.336 e. The first-order valence-electron chi connectivity index (χ1n) is 4.33. The summed E-state index contributed by atoms with van der Waals surface area (Å²) in [4.78, 5) is 4.03. The summed E-state index contributed by atoms with van der Waals surface area (Å²) in [5, 5.41) is 0. The number of aromatic nitrogens is 2. The van der Waals surface area contributed by atoms with Crippen molar-refractivity contribution in [2.45, 2.75) is 26.3 Å². The van der Waals surface area contributed by atoms with E-state index in [9.17, 15) is 0 Å². The zero-order valence-corrected chi connectivity index (χ0v) is 7.99. The molecule has 0 aromatic carbocycles. The van der Waals surface area contributed by atoms with Crippen LogP contribution in [0.5, 0.6) is 0 Å². The fraction of sp³-hybridized carbons (Fsp3) is 0.667. The van der Waals surface area contributed by atoms with Crippen LogP contribution < -0.4 is 5.73 Å². The molecule has 0 aliphatic carbocycles. The number of hydrogen-bond donors (Lipinski definition) is 1. The summed E-state index contributed by atoms with van der Waals surface area (Å²) in [6.45, 7) is 4.35. The number of nitrogens with zero attached hydrogens (tertiary/aromatic N) is 2. The van der Waals surface area contributed by atoms with Crippen molar-refractivity contribution in [1.82, 2.24) is 9.55 Å². The molecule has 3 heteroatoms. The fourth-order valence-electron chi connectivity index (χ4n) is 1.35. The van der Waals surface area contributed by atoms with E-state index in [1.54, 1.807) is 6.33 Å². The van der Waals surface area contributed by atoms with Crippen molar-refractivity contribution >= 4 is 0 Å². The third-order valence-electron chi connectivity index (χ3n) is 1.96. The van der Waals surface area contributed by atoms with Crippen molar-refractivity contribution in [1.29, 1.82) is 0 Å². The summed E-state index contributed by atoms with van der Waals surface area (Å²) < 4.78 is 1.98. The van der Waals surface area contributed by atoms with Crippen LogP contribution in [0, 0.1) is 5.92 Å². The first-order chi connectivity index (χ1) is 5.61. The monoisotopic (exact) mass is 167 g/mol. The second-order valence-electron chi connectivity index (χ2n) is 3.67. The zero-order valence-electron chi connectivity index (χ0n) is 7.99. The van der Waals surface area contributed by atoms with Gasteiger partial charge < -0.3 is 10.3 Å². The molecule has 0 fully saturated rings. The number of rotatable bonds is 3. The highest BCUT2D eigenvalue weighted by Gasteiger charge is 2.10. The van der Waals surface area contributed by atoms with Crippen LogP contribution in [-0.4, -0.2) is 9.55 Å². The average Bonchev–Trinajstić information content (AvgIpc) is 2.33. The van der Waals surface area contributed by atoms with Gasteiger partial charge in [-0.05, 0) is 12.3 Å². The van der Waals surface area contributed by atoms with Gasteiger partial charge >= 0.3 is 0 Å². The van der Waals surface area contributed by atoms with E-state index in [0.29, 0.717) is 5.92 Å². The molecule has 68 valence electrons. The Morgan fingerprint density at radius 3 is 2.67 bits per heavy atom. The van der Waals surface area contributed by atoms with E-state index in [1.165, 1.54) is 0 Å². The molecule has 0 amide bonds. The Hall–Kier alpha value is -0.830. The van der Waals surface area contributed by atoms with E-state index in [4.69, 9.17) is 5.73 Å². The van der Waals surface area contributed by atoms with Crippen molar-refractivity contribution in [2.24, 2.45) is 18.7 Å². The van der Waals surface area contributed by atoms with Crippen LogP contribution in [0.1, 0.15) is 32.0 Å². The molecule has 0 saturated carbocycles. The van der Waals surface area contributed by atoms with Crippen molar-refractivity contribution < 1.29 is 0 Å². The molecule has 12 heavy (non-hydrogen) atoms. The molecule has 1 atom stereocenters. The Kier molecular flexibility index (Phi) is 2.87. The van der Waals surface area contributed by atoms with Gasteiger partial charge in [-0.25, -0.2) is 4.98 Å². The molecule has 3 nitrogen and oxygen atoms in total. The third kappa shape index (κ3) is 2.08. The van der Waals surface area contributed by atoms with Crippen molar-refractivity contribution in [3.63, 3.8) is 0 Å². The lowest BCUT2D eigenvalue weighted by Gasteiger charge is -2.13. The number of imidazole rings is 1. The standard InChI is InChI=1S/C9H17N3/c1-7(2)4-8(10)9-5-11-6-12(9)3/h5-8H,4,10H2,1-3H3. The van der Waals surface area contributed by atoms with Gasteiger partial charge in [-0.3, -0.25) is 0 Å². The van der Waals surface area contributed by atoms with Crippen LogP contribution >= 0.6 is 0 Å². The molecule has 1 aromatic heterocycles. The predicted molar refractivity (Wildman–Crippen MR) is 49.6 cm³/mol. The van der Waals surface area contributed by atoms with E-state index in [2.05, 4.69) is 18.8 Å². The zero-order chi connectivity index (χ0) is 9.14. The van der Waals surface area contributed by atoms with Gasteiger partial charge in [0.1, 0.15) is 0 Å². The lowest BCUT2D eigenvalue weighted by atomic mass is 10.0. The topological polar surface area (TPSA) is 43.8 Å². The molecule has 0 aliphatic rings. The van der Waals surface area contributed by atoms with E-state index in [1.807, 2.05) is 17.8 Å². The highest BCUT2D eigenvalue weighted by atomic mass is 15.0. The van der Waals surface area contributed by atoms with Crippen molar-refractivity contribution in [3.8, 4) is 0 Å². The Balaban J connectivity index is 2.65. The second-order valence-corrected chi connectivity index (χ2v) is 3.67. The maximum atomic E-state index is 5.98. The Morgan fingerprint density at radius 2 is 2.25 bits per heavy atom. The molecule has 1 heterocycles. The summed E-state index contributed by atoms with van der Waals surface area (Å²) in [6.07, 6.45) is 4.64. The maximum absolute atomic E-state index is 5.98. The van der Waals surface area contributed by atoms with Gasteiger partial charge in [0.15, 0.2) is 0 Å². The van der Waals surface area contributed by atoms with Crippen LogP contribution in [0.3, 0.4) is 0 Å². The normalized spacial score (nSPS) is 13.8. The number of hydrogen-bond acceptors (Lipinski definition) is 2. The van der Waals surface area contributed by atoms with Crippen LogP contribution in [0.25, 0.3) is 0 Å². The lowest BCUT2D eigenvalue weighted by Crippen LogP contribution is -2.15. The summed E-state index contributed by atoms with van der Waals surface area (Å²) in [5.74, 6) is 0.634. The quantitative estimate of drug-likeness (QED) is 0.740. The highest BCUT2D eigenvalue weighted by Crippen LogP contribution is 2.16. The minimum atomic E-state index is 0.123. The van der Waals surface area contributed by atoms with Gasteiger partial charge in [-0.2, -0.15) is 0 Å². The minimum absolute atomic E-state index is 0.123. The van der Waals surface area contributed by atoms with Gasteiger partial charge in [0, 0.05) is 19.3 Å². The van der Waals surface area contributed by atoms with Gasteiger partial charge in [-0.1, -0.05) is 13.8 Å². The highest BCUT2D eigenvalue weighted by molar-refractivity contribution is 5.03. The van der Waals surface area contributed by atoms with Gasteiger partial charge in [-0.15, -0.1) is 0 Å².